The number of benzene rings is 1. The Morgan fingerprint density at radius 2 is 2.22 bits per heavy atom. The van der Waals surface area contributed by atoms with Crippen molar-refractivity contribution in [3.05, 3.63) is 29.8 Å². The van der Waals surface area contributed by atoms with Crippen molar-refractivity contribution >= 4 is 5.91 Å². The minimum absolute atomic E-state index is 0.00988. The molecule has 96 valence electrons. The van der Waals surface area contributed by atoms with Gasteiger partial charge in [0.15, 0.2) is 6.10 Å². The van der Waals surface area contributed by atoms with Crippen LogP contribution in [-0.4, -0.2) is 40.7 Å². The second-order valence-electron chi connectivity index (χ2n) is 5.19. The summed E-state index contributed by atoms with van der Waals surface area (Å²) in [4.78, 5) is 13.9. The van der Waals surface area contributed by atoms with Gasteiger partial charge in [0.2, 0.25) is 0 Å². The lowest BCUT2D eigenvalue weighted by Gasteiger charge is -2.46. The fraction of sp³-hybridized carbons (Fsp3) is 0.500. The van der Waals surface area contributed by atoms with Crippen molar-refractivity contribution in [2.24, 2.45) is 0 Å². The molecule has 1 atom stereocenters. The number of β-amino-alcohol motifs (C(OH)–C–C–N with tert-alkyl or cyclic N) is 1. The second-order valence-corrected chi connectivity index (χ2v) is 5.19. The smallest absolute Gasteiger partial charge is 0.264 e. The topological polar surface area (TPSA) is 49.8 Å². The predicted molar refractivity (Wildman–Crippen MR) is 66.4 cm³/mol. The van der Waals surface area contributed by atoms with Crippen LogP contribution in [0.3, 0.4) is 0 Å². The van der Waals surface area contributed by atoms with E-state index in [4.69, 9.17) is 4.74 Å². The summed E-state index contributed by atoms with van der Waals surface area (Å²) in [5, 5.41) is 9.92. The Hall–Kier alpha value is -1.55. The van der Waals surface area contributed by atoms with Crippen LogP contribution < -0.4 is 4.74 Å². The molecule has 0 saturated carbocycles. The third kappa shape index (κ3) is 1.77. The number of fused-ring (bicyclic) bond motifs is 1. The number of ether oxygens (including phenoxy) is 1. The van der Waals surface area contributed by atoms with Gasteiger partial charge >= 0.3 is 0 Å². The van der Waals surface area contributed by atoms with Gasteiger partial charge in [-0.05, 0) is 18.1 Å². The van der Waals surface area contributed by atoms with Gasteiger partial charge in [-0.1, -0.05) is 25.1 Å². The van der Waals surface area contributed by atoms with Gasteiger partial charge in [-0.15, -0.1) is 0 Å². The zero-order chi connectivity index (χ0) is 12.8. The maximum atomic E-state index is 12.2. The summed E-state index contributed by atoms with van der Waals surface area (Å²) < 4.78 is 5.65. The molecule has 4 nitrogen and oxygen atoms in total. The van der Waals surface area contributed by atoms with E-state index < -0.39 is 11.7 Å². The number of para-hydroxylation sites is 1. The molecule has 1 unspecified atom stereocenters. The highest BCUT2D eigenvalue weighted by molar-refractivity contribution is 5.83. The summed E-state index contributed by atoms with van der Waals surface area (Å²) in [5.41, 5.74) is 0.406. The van der Waals surface area contributed by atoms with E-state index in [0.29, 0.717) is 25.9 Å². The first-order chi connectivity index (χ1) is 8.61. The van der Waals surface area contributed by atoms with Crippen molar-refractivity contribution in [1.82, 2.24) is 4.90 Å². The first-order valence-corrected chi connectivity index (χ1v) is 6.37. The first-order valence-electron chi connectivity index (χ1n) is 6.37. The van der Waals surface area contributed by atoms with E-state index in [-0.39, 0.29) is 5.91 Å². The molecule has 2 aliphatic heterocycles. The fourth-order valence-electron chi connectivity index (χ4n) is 2.57. The number of carbonyl (C=O) groups excluding carboxylic acids is 1. The molecule has 1 saturated heterocycles. The van der Waals surface area contributed by atoms with Crippen LogP contribution in [0.25, 0.3) is 0 Å². The van der Waals surface area contributed by atoms with Crippen molar-refractivity contribution in [1.29, 1.82) is 0 Å². The number of nitrogens with zero attached hydrogens (tertiary/aromatic N) is 1. The average molecular weight is 247 g/mol. The van der Waals surface area contributed by atoms with Gasteiger partial charge in [0.25, 0.3) is 5.91 Å². The third-order valence-corrected chi connectivity index (χ3v) is 3.86. The predicted octanol–water partition coefficient (Wildman–Crippen LogP) is 0.973. The SMILES string of the molecule is CCC1(O)CN(C(=O)C2Cc3ccccc3O2)C1. The summed E-state index contributed by atoms with van der Waals surface area (Å²) in [5.74, 6) is 0.798. The number of likely N-dealkylation sites (tertiary alicyclic amines) is 1. The zero-order valence-electron chi connectivity index (χ0n) is 10.4. The van der Waals surface area contributed by atoms with Crippen LogP contribution in [0.1, 0.15) is 18.9 Å². The van der Waals surface area contributed by atoms with E-state index in [1.807, 2.05) is 31.2 Å². The summed E-state index contributed by atoms with van der Waals surface area (Å²) in [6.45, 7) is 2.79. The standard InChI is InChI=1S/C14H17NO3/c1-2-14(17)8-15(9-14)13(16)12-7-10-5-3-4-6-11(10)18-12/h3-6,12,17H,2,7-9H2,1H3. The monoisotopic (exact) mass is 247 g/mol. The molecule has 0 spiro atoms. The van der Waals surface area contributed by atoms with Gasteiger partial charge in [-0.3, -0.25) is 4.79 Å². The maximum Gasteiger partial charge on any atom is 0.264 e. The number of amides is 1. The van der Waals surface area contributed by atoms with Gasteiger partial charge in [-0.2, -0.15) is 0 Å². The average Bonchev–Trinajstić information content (AvgIpc) is 2.77. The summed E-state index contributed by atoms with van der Waals surface area (Å²) >= 11 is 0. The Kier molecular flexibility index (Phi) is 2.55. The van der Waals surface area contributed by atoms with E-state index in [9.17, 15) is 9.90 Å². The maximum absolute atomic E-state index is 12.2. The Bertz CT molecular complexity index is 455. The van der Waals surface area contributed by atoms with E-state index in [2.05, 4.69) is 0 Å². The number of hydrogen-bond acceptors (Lipinski definition) is 3. The lowest BCUT2D eigenvalue weighted by molar-refractivity contribution is -0.162. The number of rotatable bonds is 2. The van der Waals surface area contributed by atoms with Crippen molar-refractivity contribution < 1.29 is 14.6 Å². The molecular weight excluding hydrogens is 230 g/mol. The van der Waals surface area contributed by atoms with Gasteiger partial charge in [0.05, 0.1) is 18.7 Å². The Balaban J connectivity index is 1.64. The van der Waals surface area contributed by atoms with Gasteiger partial charge in [0.1, 0.15) is 5.75 Å². The minimum atomic E-state index is -0.679. The van der Waals surface area contributed by atoms with Crippen LogP contribution in [0.15, 0.2) is 24.3 Å². The van der Waals surface area contributed by atoms with E-state index in [1.54, 1.807) is 4.90 Å². The molecule has 18 heavy (non-hydrogen) atoms. The fourth-order valence-corrected chi connectivity index (χ4v) is 2.57. The summed E-state index contributed by atoms with van der Waals surface area (Å²) in [6, 6.07) is 7.74. The van der Waals surface area contributed by atoms with Gasteiger partial charge in [0, 0.05) is 6.42 Å². The lowest BCUT2D eigenvalue weighted by Crippen LogP contribution is -2.65. The minimum Gasteiger partial charge on any atom is -0.480 e. The number of hydrogen-bond donors (Lipinski definition) is 1. The molecule has 1 aromatic rings. The molecule has 2 aliphatic rings. The second kappa shape index (κ2) is 3.99. The Morgan fingerprint density at radius 3 is 2.89 bits per heavy atom. The molecular formula is C14H17NO3. The molecule has 0 radical (unpaired) electrons. The highest BCUT2D eigenvalue weighted by atomic mass is 16.5. The van der Waals surface area contributed by atoms with E-state index in [1.165, 1.54) is 0 Å². The zero-order valence-corrected chi connectivity index (χ0v) is 10.4. The highest BCUT2D eigenvalue weighted by Crippen LogP contribution is 2.31. The van der Waals surface area contributed by atoms with Crippen LogP contribution in [0.4, 0.5) is 0 Å². The molecule has 0 aromatic heterocycles. The normalized spacial score (nSPS) is 24.1. The van der Waals surface area contributed by atoms with E-state index in [0.717, 1.165) is 11.3 Å². The molecule has 4 heteroatoms. The van der Waals surface area contributed by atoms with Crippen LogP contribution >= 0.6 is 0 Å². The summed E-state index contributed by atoms with van der Waals surface area (Å²) in [6.07, 6.45) is 0.905. The van der Waals surface area contributed by atoms with Crippen LogP contribution in [0.2, 0.25) is 0 Å². The number of aliphatic hydroxyl groups is 1. The molecule has 3 rings (SSSR count). The number of carbonyl (C=O) groups is 1. The van der Waals surface area contributed by atoms with Crippen molar-refractivity contribution in [2.45, 2.75) is 31.5 Å². The van der Waals surface area contributed by atoms with Gasteiger partial charge in [-0.25, -0.2) is 0 Å². The van der Waals surface area contributed by atoms with E-state index >= 15 is 0 Å². The van der Waals surface area contributed by atoms with Crippen LogP contribution in [0.5, 0.6) is 5.75 Å². The molecule has 1 fully saturated rings. The third-order valence-electron chi connectivity index (χ3n) is 3.86. The molecule has 1 aromatic carbocycles. The molecule has 0 bridgehead atoms. The Labute approximate surface area is 106 Å². The molecule has 0 aliphatic carbocycles. The first kappa shape index (κ1) is 11.5. The van der Waals surface area contributed by atoms with Crippen molar-refractivity contribution in [3.8, 4) is 5.75 Å². The van der Waals surface area contributed by atoms with Crippen LogP contribution in [-0.2, 0) is 11.2 Å². The van der Waals surface area contributed by atoms with Crippen molar-refractivity contribution in [3.63, 3.8) is 0 Å². The largest absolute Gasteiger partial charge is 0.480 e. The molecule has 1 amide bonds. The Morgan fingerprint density at radius 1 is 1.50 bits per heavy atom. The molecule has 2 heterocycles. The lowest BCUT2D eigenvalue weighted by atomic mass is 9.90. The van der Waals surface area contributed by atoms with Crippen LogP contribution in [0, 0.1) is 0 Å². The van der Waals surface area contributed by atoms with Crippen molar-refractivity contribution in [2.75, 3.05) is 13.1 Å². The quantitative estimate of drug-likeness (QED) is 0.847. The highest BCUT2D eigenvalue weighted by Gasteiger charge is 2.45. The summed E-state index contributed by atoms with van der Waals surface area (Å²) in [7, 11) is 0. The molecule has 1 N–H and O–H groups in total. The van der Waals surface area contributed by atoms with Gasteiger partial charge < -0.3 is 14.7 Å².